The molecule has 0 rings (SSSR count). The van der Waals surface area contributed by atoms with E-state index in [2.05, 4.69) is 10.1 Å². The largest absolute Gasteiger partial charge is 0.395 e. The molecular weight excluding hydrogens is 134 g/mol. The van der Waals surface area contributed by atoms with Crippen LogP contribution in [0.1, 0.15) is 0 Å². The molecule has 0 heterocycles. The number of aliphatic hydroxyl groups excluding tert-OH is 2. The van der Waals surface area contributed by atoms with Crippen molar-refractivity contribution in [3.8, 4) is 0 Å². The molecule has 0 unspecified atom stereocenters. The predicted octanol–water partition coefficient (Wildman–Crippen LogP) is -1.18. The third-order valence-electron chi connectivity index (χ3n) is 0.657. The van der Waals surface area contributed by atoms with E-state index in [9.17, 15) is 0 Å². The molecule has 0 aliphatic carbocycles. The van der Waals surface area contributed by atoms with E-state index in [4.69, 9.17) is 10.2 Å². The van der Waals surface area contributed by atoms with E-state index in [1.165, 1.54) is 0 Å². The molecule has 0 fully saturated rings. The summed E-state index contributed by atoms with van der Waals surface area (Å²) in [7, 11) is 3.35. The highest BCUT2D eigenvalue weighted by atomic mass is 16.5. The lowest BCUT2D eigenvalue weighted by Gasteiger charge is -1.84. The minimum atomic E-state index is 0.122. The molecule has 0 aromatic heterocycles. The number of likely N-dealkylation sites (N-methyl/N-ethyl adjacent to an activating group) is 1. The number of hydrogen-bond donors (Lipinski definition) is 3. The second-order valence-corrected chi connectivity index (χ2v) is 1.54. The fourth-order valence-electron chi connectivity index (χ4n) is 0.203. The summed E-state index contributed by atoms with van der Waals surface area (Å²) in [5.74, 6) is 0. The van der Waals surface area contributed by atoms with Crippen LogP contribution in [0, 0.1) is 0 Å². The molecule has 3 N–H and O–H groups in total. The quantitative estimate of drug-likeness (QED) is 0.473. The average molecular weight is 151 g/mol. The van der Waals surface area contributed by atoms with Crippen LogP contribution >= 0.6 is 0 Å². The van der Waals surface area contributed by atoms with Gasteiger partial charge in [-0.1, -0.05) is 0 Å². The van der Waals surface area contributed by atoms with Gasteiger partial charge in [0.2, 0.25) is 0 Å². The molecule has 4 nitrogen and oxygen atoms in total. The maximum Gasteiger partial charge on any atom is 0.0693 e. The lowest BCUT2D eigenvalue weighted by Crippen LogP contribution is -2.10. The molecule has 0 spiro atoms. The van der Waals surface area contributed by atoms with Crippen molar-refractivity contribution in [1.29, 1.82) is 0 Å². The topological polar surface area (TPSA) is 61.7 Å². The summed E-state index contributed by atoms with van der Waals surface area (Å²) in [5.41, 5.74) is 0. The number of rotatable bonds is 4. The maximum absolute atomic E-state index is 8.00. The Balaban J connectivity index is 0. The summed E-state index contributed by atoms with van der Waals surface area (Å²) in [5, 5.41) is 18.7. The molecule has 4 heteroatoms. The molecule has 0 aromatic carbocycles. The predicted molar refractivity (Wildman–Crippen MR) is 40.0 cm³/mol. The van der Waals surface area contributed by atoms with Crippen LogP contribution in [-0.2, 0) is 4.74 Å². The van der Waals surface area contributed by atoms with E-state index in [-0.39, 0.29) is 13.2 Å². The number of methoxy groups -OCH3 is 1. The van der Waals surface area contributed by atoms with Crippen molar-refractivity contribution in [1.82, 2.24) is 5.32 Å². The second kappa shape index (κ2) is 15.9. The Morgan fingerprint density at radius 1 is 1.30 bits per heavy atom. The van der Waals surface area contributed by atoms with Crippen molar-refractivity contribution in [3.63, 3.8) is 0 Å². The summed E-state index contributed by atoms with van der Waals surface area (Å²) in [6.45, 7) is 1.49. The van der Waals surface area contributed by atoms with E-state index < -0.39 is 0 Å². The van der Waals surface area contributed by atoms with Crippen LogP contribution in [-0.4, -0.2) is 50.7 Å². The Bertz CT molecular complexity index is 34.0. The monoisotopic (exact) mass is 151 g/mol. The van der Waals surface area contributed by atoms with Crippen LogP contribution in [0.3, 0.4) is 0 Å². The summed E-state index contributed by atoms with van der Waals surface area (Å²) >= 11 is 0. The van der Waals surface area contributed by atoms with Gasteiger partial charge in [0.1, 0.15) is 0 Å². The molecule has 0 radical (unpaired) electrons. The highest BCUT2D eigenvalue weighted by Gasteiger charge is 1.67. The van der Waals surface area contributed by atoms with Crippen LogP contribution in [0.25, 0.3) is 0 Å². The van der Waals surface area contributed by atoms with E-state index in [1.54, 1.807) is 14.2 Å². The Kier molecular flexibility index (Phi) is 19.9. The van der Waals surface area contributed by atoms with Crippen molar-refractivity contribution in [2.45, 2.75) is 0 Å². The zero-order valence-corrected chi connectivity index (χ0v) is 6.63. The smallest absolute Gasteiger partial charge is 0.0693 e. The zero-order valence-electron chi connectivity index (χ0n) is 6.63. The second-order valence-electron chi connectivity index (χ2n) is 1.54. The molecule has 0 bridgehead atoms. The minimum Gasteiger partial charge on any atom is -0.395 e. The van der Waals surface area contributed by atoms with Crippen LogP contribution in [0.4, 0.5) is 0 Å². The first-order valence-electron chi connectivity index (χ1n) is 3.18. The molecule has 10 heavy (non-hydrogen) atoms. The molecule has 0 aliphatic heterocycles. The molecular formula is C6H17NO3. The molecule has 0 saturated heterocycles. The van der Waals surface area contributed by atoms with Gasteiger partial charge in [0.25, 0.3) is 0 Å². The summed E-state index contributed by atoms with van der Waals surface area (Å²) in [4.78, 5) is 0. The minimum absolute atomic E-state index is 0.122. The Morgan fingerprint density at radius 3 is 1.90 bits per heavy atom. The Labute approximate surface area is 61.8 Å². The SMILES string of the molecule is CNCCO.COCCO. The molecule has 0 atom stereocenters. The first-order chi connectivity index (χ1) is 4.83. The summed E-state index contributed by atoms with van der Waals surface area (Å²) in [6.07, 6.45) is 0. The Morgan fingerprint density at radius 2 is 1.90 bits per heavy atom. The van der Waals surface area contributed by atoms with Gasteiger partial charge in [-0.05, 0) is 7.05 Å². The van der Waals surface area contributed by atoms with E-state index in [1.807, 2.05) is 0 Å². The van der Waals surface area contributed by atoms with Crippen LogP contribution in [0.2, 0.25) is 0 Å². The zero-order chi connectivity index (χ0) is 8.24. The van der Waals surface area contributed by atoms with E-state index in [0.29, 0.717) is 13.2 Å². The third kappa shape index (κ3) is 24.9. The van der Waals surface area contributed by atoms with Gasteiger partial charge in [0.05, 0.1) is 19.8 Å². The van der Waals surface area contributed by atoms with Gasteiger partial charge >= 0.3 is 0 Å². The number of hydrogen-bond acceptors (Lipinski definition) is 4. The average Bonchev–Trinajstić information content (AvgIpc) is 1.93. The molecule has 0 aromatic rings. The fourth-order valence-corrected chi connectivity index (χ4v) is 0.203. The van der Waals surface area contributed by atoms with Crippen molar-refractivity contribution < 1.29 is 14.9 Å². The molecule has 0 aliphatic rings. The van der Waals surface area contributed by atoms with Crippen LogP contribution in [0.5, 0.6) is 0 Å². The number of nitrogens with one attached hydrogen (secondary N) is 1. The van der Waals surface area contributed by atoms with Gasteiger partial charge < -0.3 is 20.3 Å². The van der Waals surface area contributed by atoms with E-state index in [0.717, 1.165) is 0 Å². The van der Waals surface area contributed by atoms with Crippen molar-refractivity contribution in [3.05, 3.63) is 0 Å². The van der Waals surface area contributed by atoms with Crippen LogP contribution in [0.15, 0.2) is 0 Å². The van der Waals surface area contributed by atoms with Gasteiger partial charge in [-0.2, -0.15) is 0 Å². The van der Waals surface area contributed by atoms with E-state index >= 15 is 0 Å². The fraction of sp³-hybridized carbons (Fsp3) is 1.00. The summed E-state index contributed by atoms with van der Waals surface area (Å²) < 4.78 is 4.44. The molecule has 0 amide bonds. The van der Waals surface area contributed by atoms with Crippen molar-refractivity contribution in [2.24, 2.45) is 0 Å². The first-order valence-corrected chi connectivity index (χ1v) is 3.18. The number of aliphatic hydroxyl groups is 2. The summed E-state index contributed by atoms with van der Waals surface area (Å²) in [6, 6.07) is 0. The van der Waals surface area contributed by atoms with Gasteiger partial charge in [0.15, 0.2) is 0 Å². The normalized spacial score (nSPS) is 8.40. The van der Waals surface area contributed by atoms with Gasteiger partial charge in [-0.25, -0.2) is 0 Å². The first kappa shape index (κ1) is 12.5. The maximum atomic E-state index is 8.00. The molecule has 0 saturated carbocycles. The highest BCUT2D eigenvalue weighted by molar-refractivity contribution is 4.27. The van der Waals surface area contributed by atoms with Gasteiger partial charge in [0, 0.05) is 13.7 Å². The van der Waals surface area contributed by atoms with Gasteiger partial charge in [-0.3, -0.25) is 0 Å². The standard InChI is InChI=1S/C3H9NO.C3H8O2/c1-4-2-3-5;1-5-3-2-4/h4-5H,2-3H2,1H3;4H,2-3H2,1H3. The lowest BCUT2D eigenvalue weighted by atomic mass is 10.7. The Hall–Kier alpha value is -0.160. The van der Waals surface area contributed by atoms with Crippen LogP contribution < -0.4 is 5.32 Å². The lowest BCUT2D eigenvalue weighted by molar-refractivity contribution is 0.135. The highest BCUT2D eigenvalue weighted by Crippen LogP contribution is 1.56. The molecule has 64 valence electrons. The number of ether oxygens (including phenoxy) is 1. The third-order valence-corrected chi connectivity index (χ3v) is 0.657. The van der Waals surface area contributed by atoms with Crippen molar-refractivity contribution in [2.75, 3.05) is 40.5 Å². The van der Waals surface area contributed by atoms with Crippen molar-refractivity contribution >= 4 is 0 Å². The van der Waals surface area contributed by atoms with Gasteiger partial charge in [-0.15, -0.1) is 0 Å².